The zero-order valence-corrected chi connectivity index (χ0v) is 12.1. The Morgan fingerprint density at radius 2 is 1.89 bits per heavy atom. The Kier molecular flexibility index (Phi) is 3.40. The lowest BCUT2D eigenvalue weighted by molar-refractivity contribution is 0.106. The van der Waals surface area contributed by atoms with Crippen molar-refractivity contribution < 1.29 is 4.74 Å². The summed E-state index contributed by atoms with van der Waals surface area (Å²) in [5.41, 5.74) is 2.38. The Hall–Kier alpha value is -1.58. The Balaban J connectivity index is 2.23. The van der Waals surface area contributed by atoms with Crippen molar-refractivity contribution in [3.8, 4) is 0 Å². The van der Waals surface area contributed by atoms with Gasteiger partial charge in [-0.3, -0.25) is 0 Å². The fourth-order valence-corrected chi connectivity index (χ4v) is 2.75. The monoisotopic (exact) mass is 315 g/mol. The van der Waals surface area contributed by atoms with Gasteiger partial charge in [0.05, 0.1) is 17.6 Å². The van der Waals surface area contributed by atoms with Gasteiger partial charge in [-0.05, 0) is 24.3 Å². The molecule has 0 aliphatic heterocycles. The molecule has 0 saturated carbocycles. The molecule has 0 atom stereocenters. The molecular formula is C16H14BrNO. The van der Waals surface area contributed by atoms with Crippen LogP contribution in [-0.4, -0.2) is 11.2 Å². The molecule has 3 aromatic rings. The van der Waals surface area contributed by atoms with Gasteiger partial charge in [0.25, 0.3) is 0 Å². The molecule has 0 aliphatic rings. The van der Waals surface area contributed by atoms with Crippen molar-refractivity contribution in [2.24, 2.45) is 0 Å². The molecule has 3 rings (SSSR count). The second-order valence-electron chi connectivity index (χ2n) is 4.40. The highest BCUT2D eigenvalue weighted by Crippen LogP contribution is 2.30. The number of hydrogen-bond acceptors (Lipinski definition) is 1. The molecule has 0 fully saturated rings. The maximum Gasteiger partial charge on any atom is 0.123 e. The number of hydrogen-bond donors (Lipinski definition) is 0. The lowest BCUT2D eigenvalue weighted by atomic mass is 10.2. The van der Waals surface area contributed by atoms with E-state index in [9.17, 15) is 0 Å². The Labute approximate surface area is 120 Å². The number of ether oxygens (including phenoxy) is 1. The van der Waals surface area contributed by atoms with Gasteiger partial charge >= 0.3 is 0 Å². The largest absolute Gasteiger partial charge is 0.357 e. The van der Waals surface area contributed by atoms with Crippen molar-refractivity contribution in [1.29, 1.82) is 0 Å². The molecule has 19 heavy (non-hydrogen) atoms. The lowest BCUT2D eigenvalue weighted by Gasteiger charge is -2.07. The van der Waals surface area contributed by atoms with Crippen LogP contribution < -0.4 is 0 Å². The minimum atomic E-state index is 0.539. The van der Waals surface area contributed by atoms with E-state index in [1.54, 1.807) is 6.08 Å². The van der Waals surface area contributed by atoms with Crippen LogP contribution in [0.25, 0.3) is 21.8 Å². The van der Waals surface area contributed by atoms with Crippen LogP contribution in [0.3, 0.4) is 0 Å². The first kappa shape index (κ1) is 12.5. The molecule has 1 heterocycles. The first-order valence-electron chi connectivity index (χ1n) is 6.16. The highest BCUT2D eigenvalue weighted by molar-refractivity contribution is 9.10. The van der Waals surface area contributed by atoms with Crippen molar-refractivity contribution in [2.75, 3.05) is 6.61 Å². The molecule has 0 N–H and O–H groups in total. The van der Waals surface area contributed by atoms with Crippen LogP contribution in [0.4, 0.5) is 0 Å². The summed E-state index contributed by atoms with van der Waals surface area (Å²) in [6.45, 7) is 4.77. The quantitative estimate of drug-likeness (QED) is 0.502. The zero-order valence-electron chi connectivity index (χ0n) is 10.5. The minimum Gasteiger partial charge on any atom is -0.357 e. The number of benzene rings is 2. The molecule has 96 valence electrons. The van der Waals surface area contributed by atoms with Gasteiger partial charge in [0.1, 0.15) is 6.73 Å². The van der Waals surface area contributed by atoms with Gasteiger partial charge in [-0.25, -0.2) is 0 Å². The second kappa shape index (κ2) is 5.19. The van der Waals surface area contributed by atoms with E-state index in [1.807, 2.05) is 0 Å². The molecule has 0 radical (unpaired) electrons. The van der Waals surface area contributed by atoms with Gasteiger partial charge < -0.3 is 9.30 Å². The van der Waals surface area contributed by atoms with E-state index >= 15 is 0 Å². The summed E-state index contributed by atoms with van der Waals surface area (Å²) < 4.78 is 8.89. The van der Waals surface area contributed by atoms with Gasteiger partial charge in [0.2, 0.25) is 0 Å². The van der Waals surface area contributed by atoms with Crippen molar-refractivity contribution in [1.82, 2.24) is 4.57 Å². The third-order valence-corrected chi connectivity index (χ3v) is 3.68. The fourth-order valence-electron chi connectivity index (χ4n) is 2.39. The van der Waals surface area contributed by atoms with E-state index in [4.69, 9.17) is 4.74 Å². The molecule has 0 bridgehead atoms. The van der Waals surface area contributed by atoms with E-state index in [0.717, 1.165) is 4.47 Å². The summed E-state index contributed by atoms with van der Waals surface area (Å²) in [6.07, 6.45) is 1.77. The minimum absolute atomic E-state index is 0.539. The number of para-hydroxylation sites is 1. The molecule has 3 heteroatoms. The number of halogens is 1. The van der Waals surface area contributed by atoms with Crippen molar-refractivity contribution in [2.45, 2.75) is 6.73 Å². The van der Waals surface area contributed by atoms with Crippen LogP contribution in [0, 0.1) is 0 Å². The second-order valence-corrected chi connectivity index (χ2v) is 5.31. The molecule has 0 spiro atoms. The smallest absolute Gasteiger partial charge is 0.123 e. The molecule has 0 amide bonds. The van der Waals surface area contributed by atoms with E-state index in [-0.39, 0.29) is 0 Å². The predicted octanol–water partition coefficient (Wildman–Crippen LogP) is 4.72. The highest BCUT2D eigenvalue weighted by atomic mass is 79.9. The van der Waals surface area contributed by atoms with Gasteiger partial charge in [0.15, 0.2) is 0 Å². The average molecular weight is 316 g/mol. The third-order valence-electron chi connectivity index (χ3n) is 3.19. The maximum atomic E-state index is 5.61. The zero-order chi connectivity index (χ0) is 13.2. The van der Waals surface area contributed by atoms with Crippen LogP contribution in [0.5, 0.6) is 0 Å². The molecule has 2 aromatic carbocycles. The summed E-state index contributed by atoms with van der Waals surface area (Å²) in [6, 6.07) is 14.7. The summed E-state index contributed by atoms with van der Waals surface area (Å²) in [5.74, 6) is 0. The van der Waals surface area contributed by atoms with Crippen molar-refractivity contribution >= 4 is 37.7 Å². The number of aromatic nitrogens is 1. The number of fused-ring (bicyclic) bond motifs is 3. The first-order chi connectivity index (χ1) is 9.31. The van der Waals surface area contributed by atoms with E-state index < -0.39 is 0 Å². The molecule has 0 aliphatic carbocycles. The SMILES string of the molecule is C=CCOCn1c2ccccc2c2cc(Br)ccc21. The lowest BCUT2D eigenvalue weighted by Crippen LogP contribution is -2.01. The van der Waals surface area contributed by atoms with Crippen LogP contribution >= 0.6 is 15.9 Å². The Bertz CT molecular complexity index is 745. The van der Waals surface area contributed by atoms with E-state index in [1.165, 1.54) is 21.8 Å². The number of rotatable bonds is 4. The number of nitrogens with zero attached hydrogens (tertiary/aromatic N) is 1. The third kappa shape index (κ3) is 2.20. The summed E-state index contributed by atoms with van der Waals surface area (Å²) >= 11 is 3.54. The predicted molar refractivity (Wildman–Crippen MR) is 83.3 cm³/mol. The molecular weight excluding hydrogens is 302 g/mol. The Morgan fingerprint density at radius 1 is 1.11 bits per heavy atom. The van der Waals surface area contributed by atoms with Crippen LogP contribution in [0.1, 0.15) is 0 Å². The van der Waals surface area contributed by atoms with Gasteiger partial charge in [-0.1, -0.05) is 40.2 Å². The summed E-state index contributed by atoms with van der Waals surface area (Å²) in [7, 11) is 0. The summed E-state index contributed by atoms with van der Waals surface area (Å²) in [5, 5.41) is 2.49. The maximum absolute atomic E-state index is 5.61. The van der Waals surface area contributed by atoms with Crippen LogP contribution in [-0.2, 0) is 11.5 Å². The van der Waals surface area contributed by atoms with Crippen molar-refractivity contribution in [3.05, 3.63) is 59.6 Å². The first-order valence-corrected chi connectivity index (χ1v) is 6.95. The Morgan fingerprint density at radius 3 is 2.74 bits per heavy atom. The molecule has 1 aromatic heterocycles. The van der Waals surface area contributed by atoms with Gasteiger partial charge in [0, 0.05) is 15.2 Å². The normalized spacial score (nSPS) is 11.2. The molecule has 2 nitrogen and oxygen atoms in total. The van der Waals surface area contributed by atoms with Crippen molar-refractivity contribution in [3.63, 3.8) is 0 Å². The fraction of sp³-hybridized carbons (Fsp3) is 0.125. The van der Waals surface area contributed by atoms with Gasteiger partial charge in [-0.15, -0.1) is 6.58 Å². The van der Waals surface area contributed by atoms with Crippen LogP contribution in [0.15, 0.2) is 59.6 Å². The summed E-state index contributed by atoms with van der Waals surface area (Å²) in [4.78, 5) is 0. The molecule has 0 unspecified atom stereocenters. The van der Waals surface area contributed by atoms with E-state index in [2.05, 4.69) is 69.5 Å². The van der Waals surface area contributed by atoms with E-state index in [0.29, 0.717) is 13.3 Å². The standard InChI is InChI=1S/C16H14BrNO/c1-2-9-19-11-18-15-6-4-3-5-13(15)14-10-12(17)7-8-16(14)18/h2-8,10H,1,9,11H2. The average Bonchev–Trinajstić information content (AvgIpc) is 2.73. The van der Waals surface area contributed by atoms with Gasteiger partial charge in [-0.2, -0.15) is 0 Å². The van der Waals surface area contributed by atoms with Crippen LogP contribution in [0.2, 0.25) is 0 Å². The highest BCUT2D eigenvalue weighted by Gasteiger charge is 2.09. The topological polar surface area (TPSA) is 14.2 Å². The molecule has 0 saturated heterocycles.